The maximum Gasteiger partial charge on any atom is 0.252 e. The average Bonchev–Trinajstić information content (AvgIpc) is 3.28. The van der Waals surface area contributed by atoms with Crippen molar-refractivity contribution < 1.29 is 4.79 Å². The van der Waals surface area contributed by atoms with E-state index in [4.69, 9.17) is 4.98 Å². The zero-order valence-corrected chi connectivity index (χ0v) is 16.3. The summed E-state index contributed by atoms with van der Waals surface area (Å²) in [5.74, 6) is -0.0515. The molecule has 3 heterocycles. The molecule has 5 heteroatoms. The van der Waals surface area contributed by atoms with Gasteiger partial charge in [0.2, 0.25) is 0 Å². The molecular formula is C23H26N4O. The molecule has 5 nitrogen and oxygen atoms in total. The minimum atomic E-state index is -0.0515. The van der Waals surface area contributed by atoms with E-state index in [9.17, 15) is 4.79 Å². The van der Waals surface area contributed by atoms with Crippen molar-refractivity contribution in [3.8, 4) is 11.4 Å². The van der Waals surface area contributed by atoms with Gasteiger partial charge in [-0.05, 0) is 63.5 Å². The van der Waals surface area contributed by atoms with Crippen molar-refractivity contribution >= 4 is 16.8 Å². The van der Waals surface area contributed by atoms with Crippen LogP contribution >= 0.6 is 0 Å². The lowest BCUT2D eigenvalue weighted by Gasteiger charge is -2.23. The van der Waals surface area contributed by atoms with Crippen molar-refractivity contribution in [1.29, 1.82) is 0 Å². The van der Waals surface area contributed by atoms with E-state index in [0.29, 0.717) is 18.2 Å². The van der Waals surface area contributed by atoms with Crippen LogP contribution in [0, 0.1) is 0 Å². The number of para-hydroxylation sites is 1. The summed E-state index contributed by atoms with van der Waals surface area (Å²) in [5, 5.41) is 3.98. The van der Waals surface area contributed by atoms with Crippen molar-refractivity contribution in [2.75, 3.05) is 19.6 Å². The number of amides is 1. The van der Waals surface area contributed by atoms with Gasteiger partial charge in [0, 0.05) is 24.2 Å². The predicted octanol–water partition coefficient (Wildman–Crippen LogP) is 3.90. The molecule has 1 unspecified atom stereocenters. The maximum atomic E-state index is 13.0. The third-order valence-corrected chi connectivity index (χ3v) is 5.50. The lowest BCUT2D eigenvalue weighted by molar-refractivity contribution is 0.0951. The van der Waals surface area contributed by atoms with Crippen LogP contribution in [0.15, 0.2) is 54.7 Å². The van der Waals surface area contributed by atoms with Crippen LogP contribution in [-0.4, -0.2) is 46.5 Å². The molecule has 2 aromatic heterocycles. The molecule has 1 aromatic carbocycles. The van der Waals surface area contributed by atoms with Crippen LogP contribution < -0.4 is 5.32 Å². The van der Waals surface area contributed by atoms with Gasteiger partial charge in [0.05, 0.1) is 22.5 Å². The number of rotatable bonds is 6. The van der Waals surface area contributed by atoms with Crippen LogP contribution in [0.25, 0.3) is 22.3 Å². The second-order valence-corrected chi connectivity index (χ2v) is 7.42. The standard InChI is InChI=1S/C23H26N4O/c1-17(27-14-6-7-15-27)11-13-25-23(28)19-16-22(21-10-4-5-12-24-21)26-20-9-3-2-8-18(19)20/h2-5,8-10,12,16-17H,6-7,11,13-15H2,1H3,(H,25,28). The first kappa shape index (κ1) is 18.6. The third kappa shape index (κ3) is 4.04. The lowest BCUT2D eigenvalue weighted by Crippen LogP contribution is -2.34. The molecule has 3 aromatic rings. The fourth-order valence-electron chi connectivity index (χ4n) is 3.86. The summed E-state index contributed by atoms with van der Waals surface area (Å²) in [5.41, 5.74) is 2.95. The van der Waals surface area contributed by atoms with Crippen molar-refractivity contribution in [3.63, 3.8) is 0 Å². The third-order valence-electron chi connectivity index (χ3n) is 5.50. The first-order valence-electron chi connectivity index (χ1n) is 10.1. The number of pyridine rings is 2. The zero-order valence-electron chi connectivity index (χ0n) is 16.3. The lowest BCUT2D eigenvalue weighted by atomic mass is 10.1. The van der Waals surface area contributed by atoms with Gasteiger partial charge in [0.1, 0.15) is 0 Å². The van der Waals surface area contributed by atoms with Crippen LogP contribution in [-0.2, 0) is 0 Å². The number of hydrogen-bond donors (Lipinski definition) is 1. The largest absolute Gasteiger partial charge is 0.352 e. The van der Waals surface area contributed by atoms with E-state index in [1.54, 1.807) is 6.20 Å². The number of likely N-dealkylation sites (tertiary alicyclic amines) is 1. The summed E-state index contributed by atoms with van der Waals surface area (Å²) < 4.78 is 0. The Labute approximate surface area is 165 Å². The molecule has 1 saturated heterocycles. The molecule has 1 fully saturated rings. The molecule has 0 saturated carbocycles. The van der Waals surface area contributed by atoms with Crippen LogP contribution in [0.3, 0.4) is 0 Å². The molecular weight excluding hydrogens is 348 g/mol. The first-order valence-corrected chi connectivity index (χ1v) is 10.1. The monoisotopic (exact) mass is 374 g/mol. The number of aromatic nitrogens is 2. The SMILES string of the molecule is CC(CCNC(=O)c1cc(-c2ccccn2)nc2ccccc12)N1CCCC1. The van der Waals surface area contributed by atoms with E-state index < -0.39 is 0 Å². The second-order valence-electron chi connectivity index (χ2n) is 7.42. The van der Waals surface area contributed by atoms with Gasteiger partial charge in [-0.2, -0.15) is 0 Å². The summed E-state index contributed by atoms with van der Waals surface area (Å²) in [6.07, 6.45) is 5.28. The molecule has 0 radical (unpaired) electrons. The number of hydrogen-bond acceptors (Lipinski definition) is 4. The molecule has 1 aliphatic rings. The highest BCUT2D eigenvalue weighted by molar-refractivity contribution is 6.07. The van der Waals surface area contributed by atoms with E-state index in [1.165, 1.54) is 25.9 Å². The van der Waals surface area contributed by atoms with E-state index in [-0.39, 0.29) is 5.91 Å². The van der Waals surface area contributed by atoms with Gasteiger partial charge < -0.3 is 10.2 Å². The Morgan fingerprint density at radius 1 is 1.11 bits per heavy atom. The van der Waals surface area contributed by atoms with E-state index in [0.717, 1.165) is 28.7 Å². The smallest absolute Gasteiger partial charge is 0.252 e. The van der Waals surface area contributed by atoms with Gasteiger partial charge in [-0.3, -0.25) is 9.78 Å². The molecule has 1 N–H and O–H groups in total. The van der Waals surface area contributed by atoms with Gasteiger partial charge in [-0.1, -0.05) is 24.3 Å². The molecule has 144 valence electrons. The van der Waals surface area contributed by atoms with E-state index in [1.807, 2.05) is 48.5 Å². The van der Waals surface area contributed by atoms with Crippen molar-refractivity contribution in [2.24, 2.45) is 0 Å². The van der Waals surface area contributed by atoms with Crippen LogP contribution in [0.5, 0.6) is 0 Å². The molecule has 1 aliphatic heterocycles. The molecule has 0 aliphatic carbocycles. The Balaban J connectivity index is 1.54. The Bertz CT molecular complexity index is 951. The number of nitrogens with one attached hydrogen (secondary N) is 1. The van der Waals surface area contributed by atoms with E-state index >= 15 is 0 Å². The van der Waals surface area contributed by atoms with Gasteiger partial charge in [0.25, 0.3) is 5.91 Å². The highest BCUT2D eigenvalue weighted by Gasteiger charge is 2.18. The molecule has 0 spiro atoms. The predicted molar refractivity (Wildman–Crippen MR) is 112 cm³/mol. The Morgan fingerprint density at radius 2 is 1.89 bits per heavy atom. The van der Waals surface area contributed by atoms with Gasteiger partial charge in [-0.25, -0.2) is 4.98 Å². The highest BCUT2D eigenvalue weighted by Crippen LogP contribution is 2.23. The molecule has 4 rings (SSSR count). The summed E-state index contributed by atoms with van der Waals surface area (Å²) in [4.78, 5) is 24.6. The number of carbonyl (C=O) groups excluding carboxylic acids is 1. The van der Waals surface area contributed by atoms with Crippen LogP contribution in [0.1, 0.15) is 36.5 Å². The topological polar surface area (TPSA) is 58.1 Å². The molecule has 1 atom stereocenters. The minimum absolute atomic E-state index is 0.0515. The Hall–Kier alpha value is -2.79. The van der Waals surface area contributed by atoms with Gasteiger partial charge >= 0.3 is 0 Å². The number of nitrogens with zero attached hydrogens (tertiary/aromatic N) is 3. The normalized spacial score (nSPS) is 15.6. The Kier molecular flexibility index (Phi) is 5.63. The number of fused-ring (bicyclic) bond motifs is 1. The molecule has 28 heavy (non-hydrogen) atoms. The van der Waals surface area contributed by atoms with Gasteiger partial charge in [0.15, 0.2) is 0 Å². The summed E-state index contributed by atoms with van der Waals surface area (Å²) in [6.45, 7) is 5.28. The van der Waals surface area contributed by atoms with Gasteiger partial charge in [-0.15, -0.1) is 0 Å². The summed E-state index contributed by atoms with van der Waals surface area (Å²) in [6, 6.07) is 15.8. The van der Waals surface area contributed by atoms with Crippen molar-refractivity contribution in [2.45, 2.75) is 32.2 Å². The highest BCUT2D eigenvalue weighted by atomic mass is 16.1. The fraction of sp³-hybridized carbons (Fsp3) is 0.348. The zero-order chi connectivity index (χ0) is 19.3. The maximum absolute atomic E-state index is 13.0. The van der Waals surface area contributed by atoms with Crippen molar-refractivity contribution in [1.82, 2.24) is 20.2 Å². The second kappa shape index (κ2) is 8.48. The summed E-state index contributed by atoms with van der Waals surface area (Å²) >= 11 is 0. The fourth-order valence-corrected chi connectivity index (χ4v) is 3.86. The average molecular weight is 374 g/mol. The molecule has 1 amide bonds. The number of carbonyl (C=O) groups is 1. The first-order chi connectivity index (χ1) is 13.7. The van der Waals surface area contributed by atoms with Crippen LogP contribution in [0.2, 0.25) is 0 Å². The quantitative estimate of drug-likeness (QED) is 0.711. The Morgan fingerprint density at radius 3 is 2.68 bits per heavy atom. The number of benzene rings is 1. The van der Waals surface area contributed by atoms with E-state index in [2.05, 4.69) is 22.1 Å². The summed E-state index contributed by atoms with van der Waals surface area (Å²) in [7, 11) is 0. The van der Waals surface area contributed by atoms with Crippen molar-refractivity contribution in [3.05, 3.63) is 60.3 Å². The molecule has 0 bridgehead atoms. The van der Waals surface area contributed by atoms with Crippen LogP contribution in [0.4, 0.5) is 0 Å². The minimum Gasteiger partial charge on any atom is -0.352 e.